The van der Waals surface area contributed by atoms with E-state index in [1.807, 2.05) is 0 Å². The summed E-state index contributed by atoms with van der Waals surface area (Å²) >= 11 is 0. The van der Waals surface area contributed by atoms with Crippen molar-refractivity contribution < 1.29 is 10.5 Å². The second-order valence-electron chi connectivity index (χ2n) is 0. The molecule has 0 unspecified atom stereocenters. The van der Waals surface area contributed by atoms with Gasteiger partial charge in [-0.2, -0.15) is 0 Å². The van der Waals surface area contributed by atoms with Crippen molar-refractivity contribution in [3.05, 3.63) is 0 Å². The molecular weight excluding hydrogens is 83.1 g/mol. The van der Waals surface area contributed by atoms with E-state index in [0.29, 0.717) is 0 Å². The Labute approximate surface area is 68.2 Å². The topological polar surface area (TPSA) is 40.5 Å². The first-order valence-corrected chi connectivity index (χ1v) is 0.200. The summed E-state index contributed by atoms with van der Waals surface area (Å²) < 4.78 is 0. The molecule has 0 atom stereocenters. The summed E-state index contributed by atoms with van der Waals surface area (Å²) in [6.07, 6.45) is 0. The third-order valence-corrected chi connectivity index (χ3v) is 0. The number of rotatable bonds is 0. The summed E-state index contributed by atoms with van der Waals surface area (Å²) in [6, 6.07) is 0. The fourth-order valence-corrected chi connectivity index (χ4v) is 0. The van der Waals surface area contributed by atoms with Crippen LogP contribution in [0.2, 0.25) is 0 Å². The molecule has 0 heterocycles. The summed E-state index contributed by atoms with van der Waals surface area (Å²) in [5.41, 5.74) is 0. The first kappa shape index (κ1) is 17.7. The van der Waals surface area contributed by atoms with Gasteiger partial charge in [0.1, 0.15) is 0 Å². The first-order chi connectivity index (χ1) is 1.00. The van der Waals surface area contributed by atoms with Crippen LogP contribution in [0.25, 0.3) is 0 Å². The van der Waals surface area contributed by atoms with Crippen molar-refractivity contribution in [3.8, 4) is 0 Å². The van der Waals surface area contributed by atoms with Crippen LogP contribution in [0.5, 0.6) is 0 Å². The van der Waals surface area contributed by atoms with Crippen molar-refractivity contribution in [2.75, 3.05) is 0 Å². The van der Waals surface area contributed by atoms with Crippen LogP contribution in [0, 0.1) is 0 Å². The maximum absolute atomic E-state index is 6.00. The van der Waals surface area contributed by atoms with E-state index in [2.05, 4.69) is 0 Å². The van der Waals surface area contributed by atoms with Gasteiger partial charge in [-0.1, -0.05) is 7.43 Å². The van der Waals surface area contributed by atoms with Crippen LogP contribution in [0.3, 0.4) is 0 Å². The molecule has 3 heteroatoms. The van der Waals surface area contributed by atoms with Crippen LogP contribution in [0.4, 0.5) is 0 Å². The Hall–Kier alpha value is 1.56. The van der Waals surface area contributed by atoms with E-state index in [4.69, 9.17) is 10.5 Å². The van der Waals surface area contributed by atoms with Crippen molar-refractivity contribution in [2.45, 2.75) is 7.43 Å². The van der Waals surface area contributed by atoms with Crippen LogP contribution in [0.1, 0.15) is 7.43 Å². The molecule has 0 aliphatic carbocycles. The van der Waals surface area contributed by atoms with Crippen molar-refractivity contribution in [1.82, 2.24) is 0 Å². The van der Waals surface area contributed by atoms with Gasteiger partial charge >= 0.3 is 51.4 Å². The first-order valence-electron chi connectivity index (χ1n) is 0.200. The average molecular weight is 90.2 g/mol. The molecule has 0 spiro atoms. The zero-order valence-electron chi connectivity index (χ0n) is 0.894. The molecule has 0 aliphatic rings. The Bertz CT molecular complexity index is 6.00. The third-order valence-electron chi connectivity index (χ3n) is 0. The molecule has 0 aromatic heterocycles. The fraction of sp³-hybridized carbons (Fsp3) is 1.00. The monoisotopic (exact) mass is 90.0 g/mol. The molecule has 0 saturated carbocycles. The molecule has 0 bridgehead atoms. The third kappa shape index (κ3) is 9.59. The Morgan fingerprint density at radius 3 is 1.00 bits per heavy atom. The quantitative estimate of drug-likeness (QED) is 0.250. The normalized spacial score (nSPS) is 1.50. The molecule has 0 rings (SSSR count). The van der Waals surface area contributed by atoms with Crippen molar-refractivity contribution >= 4 is 51.4 Å². The molecule has 0 amide bonds. The van der Waals surface area contributed by atoms with Gasteiger partial charge in [-0.3, -0.25) is 10.5 Å². The Balaban J connectivity index is -0.00000000500. The predicted molar refractivity (Wildman–Crippen MR) is 19.1 cm³/mol. The summed E-state index contributed by atoms with van der Waals surface area (Å²) in [7, 11) is 0. The van der Waals surface area contributed by atoms with Crippen LogP contribution in [-0.4, -0.2) is 61.9 Å². The minimum atomic E-state index is 0. The minimum absolute atomic E-state index is 0. The van der Waals surface area contributed by atoms with E-state index in [9.17, 15) is 0 Å². The van der Waals surface area contributed by atoms with E-state index >= 15 is 0 Å². The summed E-state index contributed by atoms with van der Waals surface area (Å²) in [5.74, 6) is 0. The van der Waals surface area contributed by atoms with E-state index in [0.717, 1.165) is 0 Å². The number of hydrogen-bond acceptors (Lipinski definition) is 2. The Morgan fingerprint density at radius 2 is 1.00 bits per heavy atom. The Kier molecular flexibility index (Phi) is 105. The SMILES string of the molecule is C.OO.[KH]. The molecule has 0 aromatic rings. The van der Waals surface area contributed by atoms with Crippen LogP contribution in [-0.2, 0) is 0 Å². The molecule has 0 saturated heterocycles. The van der Waals surface area contributed by atoms with Crippen LogP contribution >= 0.6 is 0 Å². The number of hydrogen-bond donors (Lipinski definition) is 2. The van der Waals surface area contributed by atoms with Crippen molar-refractivity contribution in [1.29, 1.82) is 0 Å². The molecule has 0 fully saturated rings. The van der Waals surface area contributed by atoms with Crippen LogP contribution < -0.4 is 0 Å². The summed E-state index contributed by atoms with van der Waals surface area (Å²) in [4.78, 5) is 0. The van der Waals surface area contributed by atoms with Gasteiger partial charge in [0.25, 0.3) is 0 Å². The van der Waals surface area contributed by atoms with Crippen molar-refractivity contribution in [2.24, 2.45) is 0 Å². The average Bonchev–Trinajstić information content (AvgIpc) is 1.00. The molecule has 2 N–H and O–H groups in total. The van der Waals surface area contributed by atoms with Gasteiger partial charge in [0.05, 0.1) is 0 Å². The summed E-state index contributed by atoms with van der Waals surface area (Å²) in [6.45, 7) is 0. The molecule has 4 heavy (non-hydrogen) atoms. The second-order valence-corrected chi connectivity index (χ2v) is 0. The zero-order chi connectivity index (χ0) is 2.00. The standard InChI is InChI=1S/CH4.K.H2O2.H/c;;1-2;/h1H4;;1-2H;. The van der Waals surface area contributed by atoms with Crippen LogP contribution in [0.15, 0.2) is 0 Å². The maximum atomic E-state index is 6.00. The zero-order valence-corrected chi connectivity index (χ0v) is 0.894. The van der Waals surface area contributed by atoms with Gasteiger partial charge in [0, 0.05) is 0 Å². The van der Waals surface area contributed by atoms with Gasteiger partial charge in [-0.15, -0.1) is 0 Å². The molecule has 0 aliphatic heterocycles. The van der Waals surface area contributed by atoms with E-state index < -0.39 is 0 Å². The van der Waals surface area contributed by atoms with Crippen molar-refractivity contribution in [3.63, 3.8) is 0 Å². The van der Waals surface area contributed by atoms with Gasteiger partial charge in [-0.25, -0.2) is 0 Å². The van der Waals surface area contributed by atoms with Gasteiger partial charge in [0.15, 0.2) is 0 Å². The molecular formula is CH7KO2. The molecule has 0 radical (unpaired) electrons. The Morgan fingerprint density at radius 1 is 1.00 bits per heavy atom. The summed E-state index contributed by atoms with van der Waals surface area (Å²) in [5, 5.41) is 12.0. The second kappa shape index (κ2) is 23.8. The van der Waals surface area contributed by atoms with E-state index in [1.165, 1.54) is 0 Å². The van der Waals surface area contributed by atoms with E-state index in [-0.39, 0.29) is 58.8 Å². The van der Waals surface area contributed by atoms with Gasteiger partial charge in [0.2, 0.25) is 0 Å². The fourth-order valence-electron chi connectivity index (χ4n) is 0. The van der Waals surface area contributed by atoms with Gasteiger partial charge in [-0.05, 0) is 0 Å². The van der Waals surface area contributed by atoms with E-state index in [1.54, 1.807) is 0 Å². The molecule has 2 nitrogen and oxygen atoms in total. The van der Waals surface area contributed by atoms with Gasteiger partial charge < -0.3 is 0 Å². The predicted octanol–water partition coefficient (Wildman–Crippen LogP) is 0.00500. The molecule has 0 aromatic carbocycles. The molecule has 24 valence electrons.